The summed E-state index contributed by atoms with van der Waals surface area (Å²) in [7, 11) is 0. The number of hydrogen-bond acceptors (Lipinski definition) is 3. The first kappa shape index (κ1) is 17.2. The van der Waals surface area contributed by atoms with Gasteiger partial charge in [-0.05, 0) is 55.0 Å². The summed E-state index contributed by atoms with van der Waals surface area (Å²) in [5, 5.41) is 0. The summed E-state index contributed by atoms with van der Waals surface area (Å²) in [6.07, 6.45) is 5.81. The maximum atomic E-state index is 14.3. The first-order valence-electron chi connectivity index (χ1n) is 9.28. The maximum Gasteiger partial charge on any atom is 0.257 e. The average molecular weight is 353 g/mol. The number of carbonyl (C=O) groups is 1. The lowest BCUT2D eigenvalue weighted by molar-refractivity contribution is 0.0580. The Morgan fingerprint density at radius 2 is 2.12 bits per heavy atom. The standard InChI is InChI=1S/C21H24FN3O/c1-15-4-7-19(20(22)9-15)21(26)25-13-17-5-6-18(25)14-24(12-17)11-16-3-2-8-23-10-16/h2-4,7-10,17-18H,5-6,11-14H2,1H3/t17-,18+/m0/s1. The zero-order chi connectivity index (χ0) is 18.1. The smallest absolute Gasteiger partial charge is 0.257 e. The van der Waals surface area contributed by atoms with Gasteiger partial charge in [-0.1, -0.05) is 12.1 Å². The second-order valence-electron chi connectivity index (χ2n) is 7.59. The van der Waals surface area contributed by atoms with Crippen LogP contribution in [0.2, 0.25) is 0 Å². The predicted molar refractivity (Wildman–Crippen MR) is 98.2 cm³/mol. The highest BCUT2D eigenvalue weighted by Gasteiger charge is 2.38. The van der Waals surface area contributed by atoms with E-state index in [1.807, 2.05) is 24.1 Å². The fourth-order valence-electron chi connectivity index (χ4n) is 4.26. The van der Waals surface area contributed by atoms with E-state index in [1.165, 1.54) is 11.6 Å². The molecule has 1 aromatic heterocycles. The third-order valence-electron chi connectivity index (χ3n) is 5.53. The van der Waals surface area contributed by atoms with Crippen LogP contribution in [0.25, 0.3) is 0 Å². The Morgan fingerprint density at radius 3 is 2.88 bits per heavy atom. The minimum absolute atomic E-state index is 0.152. The number of amides is 1. The van der Waals surface area contributed by atoms with Crippen LogP contribution in [0.1, 0.15) is 34.3 Å². The van der Waals surface area contributed by atoms with E-state index in [4.69, 9.17) is 0 Å². The predicted octanol–water partition coefficient (Wildman–Crippen LogP) is 3.27. The van der Waals surface area contributed by atoms with Gasteiger partial charge in [0.05, 0.1) is 5.56 Å². The van der Waals surface area contributed by atoms with Gasteiger partial charge in [-0.25, -0.2) is 4.39 Å². The lowest BCUT2D eigenvalue weighted by atomic mass is 9.94. The number of halogens is 1. The largest absolute Gasteiger partial charge is 0.334 e. The van der Waals surface area contributed by atoms with E-state index in [0.29, 0.717) is 5.92 Å². The molecule has 1 aromatic carbocycles. The first-order valence-corrected chi connectivity index (χ1v) is 9.28. The van der Waals surface area contributed by atoms with Crippen molar-refractivity contribution in [3.05, 3.63) is 65.2 Å². The molecule has 5 rings (SSSR count). The average Bonchev–Trinajstić information content (AvgIpc) is 2.92. The Morgan fingerprint density at radius 1 is 1.23 bits per heavy atom. The number of fused-ring (bicyclic) bond motifs is 4. The molecule has 3 fully saturated rings. The molecule has 0 saturated carbocycles. The van der Waals surface area contributed by atoms with Crippen molar-refractivity contribution in [1.82, 2.24) is 14.8 Å². The van der Waals surface area contributed by atoms with Crippen LogP contribution < -0.4 is 0 Å². The van der Waals surface area contributed by atoms with Crippen LogP contribution in [0.4, 0.5) is 4.39 Å². The molecule has 2 atom stereocenters. The number of nitrogens with zero attached hydrogens (tertiary/aromatic N) is 3. The van der Waals surface area contributed by atoms with E-state index in [2.05, 4.69) is 16.0 Å². The molecule has 0 radical (unpaired) electrons. The van der Waals surface area contributed by atoms with Crippen molar-refractivity contribution in [2.45, 2.75) is 32.4 Å². The van der Waals surface area contributed by atoms with Gasteiger partial charge in [-0.2, -0.15) is 0 Å². The first-order chi connectivity index (χ1) is 12.6. The van der Waals surface area contributed by atoms with E-state index in [-0.39, 0.29) is 17.5 Å². The third-order valence-corrected chi connectivity index (χ3v) is 5.53. The Bertz CT molecular complexity index is 795. The Kier molecular flexibility index (Phi) is 4.72. The highest BCUT2D eigenvalue weighted by molar-refractivity contribution is 5.95. The van der Waals surface area contributed by atoms with Gasteiger partial charge in [-0.3, -0.25) is 14.7 Å². The molecular weight excluding hydrogens is 329 g/mol. The van der Waals surface area contributed by atoms with Crippen LogP contribution in [0, 0.1) is 18.7 Å². The van der Waals surface area contributed by atoms with Crippen LogP contribution in [0.3, 0.4) is 0 Å². The molecule has 0 aliphatic carbocycles. The molecule has 3 aliphatic rings. The van der Waals surface area contributed by atoms with Gasteiger partial charge in [0, 0.05) is 44.6 Å². The molecule has 4 nitrogen and oxygen atoms in total. The van der Waals surface area contributed by atoms with Crippen molar-refractivity contribution in [3.63, 3.8) is 0 Å². The maximum absolute atomic E-state index is 14.3. The van der Waals surface area contributed by atoms with E-state index >= 15 is 0 Å². The Labute approximate surface area is 153 Å². The molecular formula is C21H24FN3O. The minimum atomic E-state index is -0.415. The summed E-state index contributed by atoms with van der Waals surface area (Å²) in [5.74, 6) is -0.134. The quantitative estimate of drug-likeness (QED) is 0.850. The molecule has 3 aliphatic heterocycles. The van der Waals surface area contributed by atoms with Gasteiger partial charge in [0.1, 0.15) is 5.82 Å². The summed E-state index contributed by atoms with van der Waals surface area (Å²) in [5.41, 5.74) is 2.22. The molecule has 2 bridgehead atoms. The fraction of sp³-hybridized carbons (Fsp3) is 0.429. The van der Waals surface area contributed by atoms with Crippen molar-refractivity contribution in [1.29, 1.82) is 0 Å². The van der Waals surface area contributed by atoms with Crippen molar-refractivity contribution in [2.75, 3.05) is 19.6 Å². The zero-order valence-corrected chi connectivity index (χ0v) is 15.1. The SMILES string of the molecule is Cc1ccc(C(=O)N2C[C@H]3CC[C@@H]2CN(Cc2cccnc2)C3)c(F)c1. The number of piperidine rings is 1. The second-order valence-corrected chi connectivity index (χ2v) is 7.59. The molecule has 2 aromatic rings. The Balaban J connectivity index is 1.52. The molecule has 0 unspecified atom stereocenters. The topological polar surface area (TPSA) is 36.4 Å². The van der Waals surface area contributed by atoms with Gasteiger partial charge in [0.15, 0.2) is 0 Å². The van der Waals surface area contributed by atoms with Crippen molar-refractivity contribution < 1.29 is 9.18 Å². The highest BCUT2D eigenvalue weighted by Crippen LogP contribution is 2.30. The number of benzene rings is 1. The molecule has 26 heavy (non-hydrogen) atoms. The number of aromatic nitrogens is 1. The highest BCUT2D eigenvalue weighted by atomic mass is 19.1. The number of rotatable bonds is 3. The van der Waals surface area contributed by atoms with E-state index < -0.39 is 5.82 Å². The molecule has 1 amide bonds. The molecule has 5 heteroatoms. The number of pyridine rings is 1. The second kappa shape index (κ2) is 7.16. The van der Waals surface area contributed by atoms with Crippen molar-refractivity contribution in [2.24, 2.45) is 5.92 Å². The molecule has 136 valence electrons. The van der Waals surface area contributed by atoms with Crippen LogP contribution in [-0.4, -0.2) is 46.4 Å². The van der Waals surface area contributed by atoms with Crippen LogP contribution in [0.15, 0.2) is 42.7 Å². The van der Waals surface area contributed by atoms with Gasteiger partial charge < -0.3 is 4.90 Å². The van der Waals surface area contributed by atoms with Gasteiger partial charge in [0.2, 0.25) is 0 Å². The summed E-state index contributed by atoms with van der Waals surface area (Å²) in [4.78, 5) is 21.5. The number of carbonyl (C=O) groups excluding carboxylic acids is 1. The zero-order valence-electron chi connectivity index (χ0n) is 15.1. The van der Waals surface area contributed by atoms with Crippen LogP contribution >= 0.6 is 0 Å². The van der Waals surface area contributed by atoms with Crippen molar-refractivity contribution in [3.8, 4) is 0 Å². The summed E-state index contributed by atoms with van der Waals surface area (Å²) < 4.78 is 14.3. The molecule has 0 N–H and O–H groups in total. The van der Waals surface area contributed by atoms with E-state index in [9.17, 15) is 9.18 Å². The lowest BCUT2D eigenvalue weighted by Gasteiger charge is -2.36. The van der Waals surface area contributed by atoms with Gasteiger partial charge >= 0.3 is 0 Å². The van der Waals surface area contributed by atoms with Crippen LogP contribution in [0.5, 0.6) is 0 Å². The summed E-state index contributed by atoms with van der Waals surface area (Å²) in [6.45, 7) is 5.22. The van der Waals surface area contributed by atoms with E-state index in [1.54, 1.807) is 18.3 Å². The Hall–Kier alpha value is -2.27. The fourth-order valence-corrected chi connectivity index (χ4v) is 4.26. The normalized spacial score (nSPS) is 23.1. The summed E-state index contributed by atoms with van der Waals surface area (Å²) in [6, 6.07) is 9.07. The molecule has 3 saturated heterocycles. The van der Waals surface area contributed by atoms with Crippen LogP contribution in [-0.2, 0) is 6.54 Å². The van der Waals surface area contributed by atoms with Gasteiger partial charge in [-0.15, -0.1) is 0 Å². The lowest BCUT2D eigenvalue weighted by Crippen LogP contribution is -2.47. The number of hydrogen-bond donors (Lipinski definition) is 0. The van der Waals surface area contributed by atoms with E-state index in [0.717, 1.165) is 44.6 Å². The number of aryl methyl sites for hydroxylation is 1. The van der Waals surface area contributed by atoms with Crippen molar-refractivity contribution >= 4 is 5.91 Å². The molecule has 0 spiro atoms. The van der Waals surface area contributed by atoms with Gasteiger partial charge in [0.25, 0.3) is 5.91 Å². The monoisotopic (exact) mass is 353 g/mol. The summed E-state index contributed by atoms with van der Waals surface area (Å²) >= 11 is 0. The molecule has 4 heterocycles. The third kappa shape index (κ3) is 3.49. The minimum Gasteiger partial charge on any atom is -0.334 e.